The highest BCUT2D eigenvalue weighted by atomic mass is 16.1. The van der Waals surface area contributed by atoms with Gasteiger partial charge in [0.25, 0.3) is 5.56 Å². The van der Waals surface area contributed by atoms with Crippen LogP contribution in [0.2, 0.25) is 0 Å². The molecule has 0 spiro atoms. The average molecular weight is 341 g/mol. The molecule has 0 aromatic carbocycles. The Bertz CT molecular complexity index is 799. The number of carbonyl (C=O) groups excluding carboxylic acids is 1. The normalized spacial score (nSPS) is 15.0. The second kappa shape index (κ2) is 7.57. The SMILES string of the molecule is Cc1nc(-c2cccnc2)[nH]c(=O)c1CCC(=O)NCC(N)C1CC1. The molecule has 132 valence electrons. The van der Waals surface area contributed by atoms with Gasteiger partial charge >= 0.3 is 0 Å². The van der Waals surface area contributed by atoms with Crippen molar-refractivity contribution >= 4 is 5.91 Å². The minimum Gasteiger partial charge on any atom is -0.355 e. The monoisotopic (exact) mass is 341 g/mol. The zero-order valence-corrected chi connectivity index (χ0v) is 14.3. The summed E-state index contributed by atoms with van der Waals surface area (Å²) in [4.78, 5) is 35.6. The van der Waals surface area contributed by atoms with Crippen LogP contribution >= 0.6 is 0 Å². The van der Waals surface area contributed by atoms with Crippen molar-refractivity contribution < 1.29 is 4.79 Å². The minimum atomic E-state index is -0.214. The molecule has 1 fully saturated rings. The summed E-state index contributed by atoms with van der Waals surface area (Å²) < 4.78 is 0. The maximum absolute atomic E-state index is 12.3. The lowest BCUT2D eigenvalue weighted by atomic mass is 10.1. The van der Waals surface area contributed by atoms with Gasteiger partial charge in [-0.3, -0.25) is 14.6 Å². The quantitative estimate of drug-likeness (QED) is 0.693. The number of aromatic nitrogens is 3. The van der Waals surface area contributed by atoms with Crippen LogP contribution in [-0.2, 0) is 11.2 Å². The van der Waals surface area contributed by atoms with Gasteiger partial charge in [0.1, 0.15) is 5.82 Å². The molecule has 0 saturated heterocycles. The molecular weight excluding hydrogens is 318 g/mol. The summed E-state index contributed by atoms with van der Waals surface area (Å²) in [6, 6.07) is 3.66. The van der Waals surface area contributed by atoms with E-state index >= 15 is 0 Å². The lowest BCUT2D eigenvalue weighted by molar-refractivity contribution is -0.121. The van der Waals surface area contributed by atoms with Crippen molar-refractivity contribution in [3.63, 3.8) is 0 Å². The lowest BCUT2D eigenvalue weighted by Gasteiger charge is -2.12. The Morgan fingerprint density at radius 1 is 1.48 bits per heavy atom. The number of nitrogens with one attached hydrogen (secondary N) is 2. The highest BCUT2D eigenvalue weighted by molar-refractivity contribution is 5.76. The second-order valence-corrected chi connectivity index (χ2v) is 6.53. The summed E-state index contributed by atoms with van der Waals surface area (Å²) in [6.07, 6.45) is 6.22. The number of hydrogen-bond donors (Lipinski definition) is 3. The molecule has 2 aromatic rings. The van der Waals surface area contributed by atoms with Crippen LogP contribution in [0, 0.1) is 12.8 Å². The number of nitrogens with two attached hydrogens (primary N) is 1. The standard InChI is InChI=1S/C18H23N5O2/c1-11-14(6-7-16(24)21-10-15(19)12-4-5-12)18(25)23-17(22-11)13-3-2-8-20-9-13/h2-3,8-9,12,15H,4-7,10,19H2,1H3,(H,21,24)(H,22,23,25). The average Bonchev–Trinajstić information content (AvgIpc) is 3.44. The van der Waals surface area contributed by atoms with E-state index < -0.39 is 0 Å². The summed E-state index contributed by atoms with van der Waals surface area (Å²) in [7, 11) is 0. The molecule has 0 radical (unpaired) electrons. The highest BCUT2D eigenvalue weighted by Gasteiger charge is 2.28. The van der Waals surface area contributed by atoms with Crippen molar-refractivity contribution in [2.75, 3.05) is 6.54 Å². The van der Waals surface area contributed by atoms with E-state index in [2.05, 4.69) is 20.3 Å². The van der Waals surface area contributed by atoms with Crippen LogP contribution in [0.1, 0.15) is 30.5 Å². The van der Waals surface area contributed by atoms with Gasteiger partial charge in [-0.2, -0.15) is 0 Å². The Hall–Kier alpha value is -2.54. The van der Waals surface area contributed by atoms with E-state index in [0.717, 1.165) is 18.4 Å². The molecule has 2 aromatic heterocycles. The first kappa shape index (κ1) is 17.3. The summed E-state index contributed by atoms with van der Waals surface area (Å²) in [5.41, 5.74) is 7.67. The molecule has 1 amide bonds. The fourth-order valence-electron chi connectivity index (χ4n) is 2.79. The van der Waals surface area contributed by atoms with Gasteiger partial charge in [-0.15, -0.1) is 0 Å². The Morgan fingerprint density at radius 3 is 2.92 bits per heavy atom. The molecule has 3 rings (SSSR count). The number of H-pyrrole nitrogens is 1. The van der Waals surface area contributed by atoms with Gasteiger partial charge in [-0.05, 0) is 44.2 Å². The van der Waals surface area contributed by atoms with Crippen LogP contribution in [0.25, 0.3) is 11.4 Å². The predicted octanol–water partition coefficient (Wildman–Crippen LogP) is 0.926. The van der Waals surface area contributed by atoms with Crippen molar-refractivity contribution in [2.45, 2.75) is 38.6 Å². The predicted molar refractivity (Wildman–Crippen MR) is 94.9 cm³/mol. The second-order valence-electron chi connectivity index (χ2n) is 6.53. The Balaban J connectivity index is 1.60. The molecule has 7 heteroatoms. The minimum absolute atomic E-state index is 0.0366. The molecule has 7 nitrogen and oxygen atoms in total. The first-order valence-electron chi connectivity index (χ1n) is 8.57. The van der Waals surface area contributed by atoms with Crippen molar-refractivity contribution in [1.29, 1.82) is 0 Å². The summed E-state index contributed by atoms with van der Waals surface area (Å²) in [6.45, 7) is 2.28. The largest absolute Gasteiger partial charge is 0.355 e. The first-order valence-corrected chi connectivity index (χ1v) is 8.57. The number of nitrogens with zero attached hydrogens (tertiary/aromatic N) is 2. The van der Waals surface area contributed by atoms with Gasteiger partial charge in [-0.25, -0.2) is 4.98 Å². The molecule has 1 aliphatic rings. The van der Waals surface area contributed by atoms with Crippen molar-refractivity contribution in [3.05, 3.63) is 46.1 Å². The van der Waals surface area contributed by atoms with Crippen molar-refractivity contribution in [3.8, 4) is 11.4 Å². The van der Waals surface area contributed by atoms with Gasteiger partial charge in [0, 0.05) is 48.2 Å². The molecule has 1 aliphatic carbocycles. The van der Waals surface area contributed by atoms with E-state index in [1.807, 2.05) is 6.07 Å². The number of pyridine rings is 1. The van der Waals surface area contributed by atoms with E-state index in [4.69, 9.17) is 5.73 Å². The molecule has 1 atom stereocenters. The maximum atomic E-state index is 12.3. The number of hydrogen-bond acceptors (Lipinski definition) is 5. The van der Waals surface area contributed by atoms with Crippen LogP contribution in [0.15, 0.2) is 29.3 Å². The highest BCUT2D eigenvalue weighted by Crippen LogP contribution is 2.31. The lowest BCUT2D eigenvalue weighted by Crippen LogP contribution is -2.38. The Labute approximate surface area is 146 Å². The van der Waals surface area contributed by atoms with Crippen LogP contribution in [-0.4, -0.2) is 33.4 Å². The molecular formula is C18H23N5O2. The fraction of sp³-hybridized carbons (Fsp3) is 0.444. The zero-order valence-electron chi connectivity index (χ0n) is 14.3. The third kappa shape index (κ3) is 4.51. The van der Waals surface area contributed by atoms with Gasteiger partial charge in [0.2, 0.25) is 5.91 Å². The van der Waals surface area contributed by atoms with E-state index in [1.54, 1.807) is 25.4 Å². The van der Waals surface area contributed by atoms with Crippen LogP contribution in [0.3, 0.4) is 0 Å². The molecule has 1 saturated carbocycles. The van der Waals surface area contributed by atoms with Gasteiger partial charge in [0.15, 0.2) is 0 Å². The molecule has 4 N–H and O–H groups in total. The Morgan fingerprint density at radius 2 is 2.28 bits per heavy atom. The molecule has 1 unspecified atom stereocenters. The summed E-state index contributed by atoms with van der Waals surface area (Å²) in [5, 5.41) is 2.85. The van der Waals surface area contributed by atoms with Crippen molar-refractivity contribution in [2.24, 2.45) is 11.7 Å². The third-order valence-corrected chi connectivity index (χ3v) is 4.52. The smallest absolute Gasteiger partial charge is 0.254 e. The molecule has 0 aliphatic heterocycles. The molecule has 0 bridgehead atoms. The number of carbonyl (C=O) groups is 1. The van der Waals surface area contributed by atoms with Crippen molar-refractivity contribution in [1.82, 2.24) is 20.3 Å². The van der Waals surface area contributed by atoms with Crippen LogP contribution in [0.4, 0.5) is 0 Å². The maximum Gasteiger partial charge on any atom is 0.254 e. The fourth-order valence-corrected chi connectivity index (χ4v) is 2.79. The van der Waals surface area contributed by atoms with Crippen LogP contribution in [0.5, 0.6) is 0 Å². The Kier molecular flexibility index (Phi) is 5.23. The summed E-state index contributed by atoms with van der Waals surface area (Å²) >= 11 is 0. The number of amides is 1. The van der Waals surface area contributed by atoms with Gasteiger partial charge < -0.3 is 16.0 Å². The van der Waals surface area contributed by atoms with E-state index in [-0.39, 0.29) is 23.9 Å². The van der Waals surface area contributed by atoms with E-state index in [0.29, 0.717) is 36.0 Å². The topological polar surface area (TPSA) is 114 Å². The molecule has 25 heavy (non-hydrogen) atoms. The number of aryl methyl sites for hydroxylation is 1. The van der Waals surface area contributed by atoms with Crippen LogP contribution < -0.4 is 16.6 Å². The summed E-state index contributed by atoms with van der Waals surface area (Å²) in [5.74, 6) is 0.944. The zero-order chi connectivity index (χ0) is 17.8. The molecule has 2 heterocycles. The van der Waals surface area contributed by atoms with E-state index in [1.165, 1.54) is 0 Å². The third-order valence-electron chi connectivity index (χ3n) is 4.52. The van der Waals surface area contributed by atoms with Gasteiger partial charge in [0.05, 0.1) is 0 Å². The first-order chi connectivity index (χ1) is 12.0. The van der Waals surface area contributed by atoms with Gasteiger partial charge in [-0.1, -0.05) is 0 Å². The number of aromatic amines is 1. The van der Waals surface area contributed by atoms with E-state index in [9.17, 15) is 9.59 Å². The number of rotatable bonds is 7.